The van der Waals surface area contributed by atoms with Gasteiger partial charge in [-0.05, 0) is 59.2 Å². The maximum absolute atomic E-state index is 12.7. The van der Waals surface area contributed by atoms with E-state index in [0.717, 1.165) is 22.1 Å². The zero-order valence-electron chi connectivity index (χ0n) is 17.5. The number of carbonyl (C=O) groups excluding carboxylic acids is 1. The van der Waals surface area contributed by atoms with E-state index in [9.17, 15) is 4.79 Å². The smallest absolute Gasteiger partial charge is 0.265 e. The molecule has 0 aliphatic heterocycles. The second kappa shape index (κ2) is 9.81. The first kappa shape index (κ1) is 20.5. The molecule has 4 aromatic rings. The molecule has 4 heteroatoms. The Kier molecular flexibility index (Phi) is 6.48. The van der Waals surface area contributed by atoms with E-state index in [1.54, 1.807) is 0 Å². The Balaban J connectivity index is 1.35. The van der Waals surface area contributed by atoms with Crippen molar-refractivity contribution in [3.05, 3.63) is 103 Å². The van der Waals surface area contributed by atoms with Crippen molar-refractivity contribution in [2.45, 2.75) is 26.1 Å². The Labute approximate surface area is 182 Å². The number of fused-ring (bicyclic) bond motifs is 1. The molecule has 1 atom stereocenters. The summed E-state index contributed by atoms with van der Waals surface area (Å²) < 4.78 is 11.8. The Hall–Kier alpha value is -3.79. The van der Waals surface area contributed by atoms with Gasteiger partial charge in [0.25, 0.3) is 5.91 Å². The average molecular weight is 412 g/mol. The molecule has 0 fully saturated rings. The summed E-state index contributed by atoms with van der Waals surface area (Å²) in [6, 6.07) is 31.3. The van der Waals surface area contributed by atoms with E-state index >= 15 is 0 Å². The molecular weight excluding hydrogens is 386 g/mol. The molecule has 0 spiro atoms. The van der Waals surface area contributed by atoms with Crippen molar-refractivity contribution < 1.29 is 14.3 Å². The van der Waals surface area contributed by atoms with Gasteiger partial charge in [0, 0.05) is 5.69 Å². The molecule has 0 saturated heterocycles. The second-order valence-electron chi connectivity index (χ2n) is 7.31. The predicted molar refractivity (Wildman–Crippen MR) is 125 cm³/mol. The third-order valence-electron chi connectivity index (χ3n) is 5.03. The van der Waals surface area contributed by atoms with Crippen LogP contribution in [-0.4, -0.2) is 12.0 Å². The molecule has 1 amide bonds. The van der Waals surface area contributed by atoms with Crippen LogP contribution in [0.3, 0.4) is 0 Å². The number of hydrogen-bond acceptors (Lipinski definition) is 3. The minimum absolute atomic E-state index is 0.173. The van der Waals surface area contributed by atoms with Crippen molar-refractivity contribution in [2.24, 2.45) is 0 Å². The lowest BCUT2D eigenvalue weighted by molar-refractivity contribution is -0.122. The number of ether oxygens (including phenoxy) is 2. The van der Waals surface area contributed by atoms with Gasteiger partial charge in [0.1, 0.15) is 18.1 Å². The minimum atomic E-state index is -0.574. The van der Waals surface area contributed by atoms with E-state index in [0.29, 0.717) is 24.5 Å². The highest BCUT2D eigenvalue weighted by molar-refractivity contribution is 5.94. The molecule has 31 heavy (non-hydrogen) atoms. The zero-order valence-corrected chi connectivity index (χ0v) is 17.5. The van der Waals surface area contributed by atoms with Crippen molar-refractivity contribution in [3.63, 3.8) is 0 Å². The summed E-state index contributed by atoms with van der Waals surface area (Å²) in [5.74, 6) is 1.26. The third kappa shape index (κ3) is 5.43. The number of nitrogens with one attached hydrogen (secondary N) is 1. The number of rotatable bonds is 8. The van der Waals surface area contributed by atoms with Gasteiger partial charge in [0.2, 0.25) is 0 Å². The first-order valence-corrected chi connectivity index (χ1v) is 10.4. The molecule has 0 saturated carbocycles. The minimum Gasteiger partial charge on any atom is -0.489 e. The standard InChI is InChI=1S/C27H25NO3/c1-2-26(31-25-15-12-21-10-6-7-11-22(21)18-25)27(29)28-23-13-16-24(17-14-23)30-19-20-8-4-3-5-9-20/h3-18,26H,2,19H2,1H3,(H,28,29)/t26-/m1/s1. The Bertz CT molecular complexity index is 1140. The average Bonchev–Trinajstić information content (AvgIpc) is 2.82. The lowest BCUT2D eigenvalue weighted by Gasteiger charge is -2.18. The monoisotopic (exact) mass is 411 g/mol. The SMILES string of the molecule is CC[C@@H](Oc1ccc2ccccc2c1)C(=O)Nc1ccc(OCc2ccccc2)cc1. The van der Waals surface area contributed by atoms with Crippen LogP contribution in [0.1, 0.15) is 18.9 Å². The van der Waals surface area contributed by atoms with Gasteiger partial charge in [-0.15, -0.1) is 0 Å². The third-order valence-corrected chi connectivity index (χ3v) is 5.03. The highest BCUT2D eigenvalue weighted by Gasteiger charge is 2.18. The quantitative estimate of drug-likeness (QED) is 0.375. The normalized spacial score (nSPS) is 11.6. The van der Waals surface area contributed by atoms with Crippen molar-refractivity contribution in [2.75, 3.05) is 5.32 Å². The Morgan fingerprint density at radius 3 is 2.23 bits per heavy atom. The molecule has 156 valence electrons. The summed E-state index contributed by atoms with van der Waals surface area (Å²) in [5.41, 5.74) is 1.81. The summed E-state index contributed by atoms with van der Waals surface area (Å²) in [4.78, 5) is 12.7. The topological polar surface area (TPSA) is 47.6 Å². The fourth-order valence-corrected chi connectivity index (χ4v) is 3.33. The van der Waals surface area contributed by atoms with Gasteiger partial charge in [-0.3, -0.25) is 4.79 Å². The maximum Gasteiger partial charge on any atom is 0.265 e. The van der Waals surface area contributed by atoms with E-state index in [-0.39, 0.29) is 5.91 Å². The van der Waals surface area contributed by atoms with Gasteiger partial charge < -0.3 is 14.8 Å². The van der Waals surface area contributed by atoms with Crippen LogP contribution < -0.4 is 14.8 Å². The van der Waals surface area contributed by atoms with Crippen molar-refractivity contribution >= 4 is 22.4 Å². The maximum atomic E-state index is 12.7. The molecule has 0 unspecified atom stereocenters. The highest BCUT2D eigenvalue weighted by atomic mass is 16.5. The van der Waals surface area contributed by atoms with Crippen molar-refractivity contribution in [1.82, 2.24) is 0 Å². The lowest BCUT2D eigenvalue weighted by atomic mass is 10.1. The first-order valence-electron chi connectivity index (χ1n) is 10.4. The number of benzene rings is 4. The molecule has 0 heterocycles. The van der Waals surface area contributed by atoms with Crippen LogP contribution in [0.5, 0.6) is 11.5 Å². The highest BCUT2D eigenvalue weighted by Crippen LogP contribution is 2.23. The zero-order chi connectivity index (χ0) is 21.5. The molecule has 0 aliphatic carbocycles. The first-order chi connectivity index (χ1) is 15.2. The molecule has 0 aliphatic rings. The molecule has 4 nitrogen and oxygen atoms in total. The van der Waals surface area contributed by atoms with Gasteiger partial charge in [-0.1, -0.05) is 67.6 Å². The van der Waals surface area contributed by atoms with Crippen LogP contribution in [0.2, 0.25) is 0 Å². The fourth-order valence-electron chi connectivity index (χ4n) is 3.33. The molecule has 1 N–H and O–H groups in total. The summed E-state index contributed by atoms with van der Waals surface area (Å²) in [6.07, 6.45) is -0.00752. The summed E-state index contributed by atoms with van der Waals surface area (Å²) in [7, 11) is 0. The van der Waals surface area contributed by atoms with Crippen LogP contribution in [-0.2, 0) is 11.4 Å². The molecular formula is C27H25NO3. The second-order valence-corrected chi connectivity index (χ2v) is 7.31. The van der Waals surface area contributed by atoms with Crippen molar-refractivity contribution in [1.29, 1.82) is 0 Å². The number of carbonyl (C=O) groups is 1. The molecule has 0 bridgehead atoms. The van der Waals surface area contributed by atoms with Gasteiger partial charge in [-0.25, -0.2) is 0 Å². The number of hydrogen-bond donors (Lipinski definition) is 1. The van der Waals surface area contributed by atoms with Crippen molar-refractivity contribution in [3.8, 4) is 11.5 Å². The fraction of sp³-hybridized carbons (Fsp3) is 0.148. The van der Waals surface area contributed by atoms with Crippen LogP contribution >= 0.6 is 0 Å². The van der Waals surface area contributed by atoms with Gasteiger partial charge in [0.05, 0.1) is 0 Å². The van der Waals surface area contributed by atoms with E-state index in [1.165, 1.54) is 0 Å². The van der Waals surface area contributed by atoms with Gasteiger partial charge >= 0.3 is 0 Å². The predicted octanol–water partition coefficient (Wildman–Crippen LogP) is 6.21. The molecule has 0 aromatic heterocycles. The van der Waals surface area contributed by atoms with E-state index in [2.05, 4.69) is 11.4 Å². The van der Waals surface area contributed by atoms with E-state index < -0.39 is 6.10 Å². The van der Waals surface area contributed by atoms with Crippen LogP contribution in [0, 0.1) is 0 Å². The molecule has 4 aromatic carbocycles. The molecule has 4 rings (SSSR count). The Morgan fingerprint density at radius 2 is 1.48 bits per heavy atom. The largest absolute Gasteiger partial charge is 0.489 e. The van der Waals surface area contributed by atoms with Gasteiger partial charge in [0.15, 0.2) is 6.10 Å². The summed E-state index contributed by atoms with van der Waals surface area (Å²) in [6.45, 7) is 2.44. The van der Waals surface area contributed by atoms with E-state index in [1.807, 2.05) is 97.9 Å². The van der Waals surface area contributed by atoms with Crippen LogP contribution in [0.25, 0.3) is 10.8 Å². The molecule has 0 radical (unpaired) electrons. The Morgan fingerprint density at radius 1 is 0.806 bits per heavy atom. The summed E-state index contributed by atoms with van der Waals surface area (Å²) in [5, 5.41) is 5.16. The number of anilines is 1. The van der Waals surface area contributed by atoms with Gasteiger partial charge in [-0.2, -0.15) is 0 Å². The number of amides is 1. The van der Waals surface area contributed by atoms with E-state index in [4.69, 9.17) is 9.47 Å². The lowest BCUT2D eigenvalue weighted by Crippen LogP contribution is -2.32. The summed E-state index contributed by atoms with van der Waals surface area (Å²) >= 11 is 0. The van der Waals surface area contributed by atoms with Crippen LogP contribution in [0.4, 0.5) is 5.69 Å². The van der Waals surface area contributed by atoms with Crippen LogP contribution in [0.15, 0.2) is 97.1 Å².